The zero-order valence-electron chi connectivity index (χ0n) is 28.2. The van der Waals surface area contributed by atoms with E-state index in [1.807, 2.05) is 31.2 Å². The Labute approximate surface area is 293 Å². The lowest BCUT2D eigenvalue weighted by Crippen LogP contribution is -2.40. The molecule has 4 N–H and O–H groups in total. The van der Waals surface area contributed by atoms with Gasteiger partial charge in [-0.1, -0.05) is 56.7 Å². The van der Waals surface area contributed by atoms with Gasteiger partial charge >= 0.3 is 0 Å². The van der Waals surface area contributed by atoms with E-state index in [2.05, 4.69) is 25.8 Å². The Morgan fingerprint density at radius 2 is 1.24 bits per heavy atom. The highest BCUT2D eigenvalue weighted by atomic mass is 32.2. The lowest BCUT2D eigenvalue weighted by atomic mass is 9.91. The van der Waals surface area contributed by atoms with E-state index in [9.17, 15) is 31.0 Å². The molecular formula is C36H43N5O7S2. The van der Waals surface area contributed by atoms with E-state index >= 15 is 0 Å². The molecule has 0 aromatic heterocycles. The average molecular weight is 722 g/mol. The van der Waals surface area contributed by atoms with Crippen molar-refractivity contribution in [1.29, 1.82) is 0 Å². The van der Waals surface area contributed by atoms with Crippen LogP contribution in [0, 0.1) is 13.8 Å². The van der Waals surface area contributed by atoms with Gasteiger partial charge in [0.2, 0.25) is 0 Å². The number of phenolic OH excluding ortho intramolecular Hbond substituents is 1. The predicted octanol–water partition coefficient (Wildman–Crippen LogP) is 9.73. The highest BCUT2D eigenvalue weighted by Gasteiger charge is 2.23. The first kappa shape index (κ1) is 37.2. The van der Waals surface area contributed by atoms with Gasteiger partial charge in [-0.25, -0.2) is 0 Å². The van der Waals surface area contributed by atoms with E-state index in [1.54, 1.807) is 25.1 Å². The van der Waals surface area contributed by atoms with Crippen LogP contribution in [0.4, 0.5) is 22.7 Å². The van der Waals surface area contributed by atoms with Crippen molar-refractivity contribution in [2.75, 3.05) is 0 Å². The second kappa shape index (κ2) is 16.3. The van der Waals surface area contributed by atoms with Gasteiger partial charge < -0.3 is 10.4 Å². The van der Waals surface area contributed by atoms with Crippen LogP contribution in [0.25, 0.3) is 10.8 Å². The fourth-order valence-corrected chi connectivity index (χ4v) is 7.53. The van der Waals surface area contributed by atoms with Crippen molar-refractivity contribution >= 4 is 53.8 Å². The third kappa shape index (κ3) is 9.79. The highest BCUT2D eigenvalue weighted by Crippen LogP contribution is 2.42. The summed E-state index contributed by atoms with van der Waals surface area (Å²) in [5.74, 6) is -0.655. The van der Waals surface area contributed by atoms with Crippen molar-refractivity contribution in [1.82, 2.24) is 5.32 Å². The first-order valence-corrected chi connectivity index (χ1v) is 19.7. The molecule has 2 fully saturated rings. The molecule has 0 atom stereocenters. The summed E-state index contributed by atoms with van der Waals surface area (Å²) in [4.78, 5) is -1.32. The van der Waals surface area contributed by atoms with Gasteiger partial charge in [0.15, 0.2) is 5.75 Å². The monoisotopic (exact) mass is 721 g/mol. The molecule has 0 aliphatic heterocycles. The van der Waals surface area contributed by atoms with Crippen LogP contribution in [-0.4, -0.2) is 43.1 Å². The lowest BCUT2D eigenvalue weighted by molar-refractivity contribution is 0.291. The number of benzene rings is 4. The molecule has 2 aliphatic rings. The topological polar surface area (TPSA) is 190 Å². The van der Waals surface area contributed by atoms with E-state index in [4.69, 9.17) is 0 Å². The van der Waals surface area contributed by atoms with Crippen LogP contribution in [0.15, 0.2) is 97.0 Å². The molecule has 2 saturated carbocycles. The number of hydrogen-bond acceptors (Lipinski definition) is 10. The SMILES string of the molecule is C1CCC(NC2CCCCC2)CC1.Cc1ccccc1N=Nc1ccc(N=Nc2c(S(=O)(=O)O)cc3cc(S(=O)(=O)O)ccc3c2O)c(C)c1. The van der Waals surface area contributed by atoms with Crippen molar-refractivity contribution in [3.63, 3.8) is 0 Å². The summed E-state index contributed by atoms with van der Waals surface area (Å²) in [7, 11) is -9.50. The summed E-state index contributed by atoms with van der Waals surface area (Å²) < 4.78 is 65.9. The molecule has 0 unspecified atom stereocenters. The van der Waals surface area contributed by atoms with E-state index in [1.165, 1.54) is 70.3 Å². The first-order valence-electron chi connectivity index (χ1n) is 16.8. The summed E-state index contributed by atoms with van der Waals surface area (Å²) in [6.07, 6.45) is 14.6. The molecule has 14 heteroatoms. The third-order valence-corrected chi connectivity index (χ3v) is 10.8. The van der Waals surface area contributed by atoms with Gasteiger partial charge in [-0.3, -0.25) is 9.11 Å². The largest absolute Gasteiger partial charge is 0.505 e. The van der Waals surface area contributed by atoms with E-state index in [0.717, 1.165) is 41.5 Å². The second-order valence-corrected chi connectivity index (χ2v) is 15.7. The predicted molar refractivity (Wildman–Crippen MR) is 193 cm³/mol. The molecule has 0 bridgehead atoms. The molecule has 0 radical (unpaired) electrons. The number of phenols is 1. The molecule has 0 saturated heterocycles. The molecular weight excluding hydrogens is 679 g/mol. The van der Waals surface area contributed by atoms with Crippen LogP contribution >= 0.6 is 0 Å². The molecule has 50 heavy (non-hydrogen) atoms. The minimum absolute atomic E-state index is 0.0254. The quantitative estimate of drug-likeness (QED) is 0.102. The number of aryl methyl sites for hydroxylation is 2. The lowest BCUT2D eigenvalue weighted by Gasteiger charge is -2.30. The zero-order chi connectivity index (χ0) is 35.9. The van der Waals surface area contributed by atoms with Crippen molar-refractivity contribution in [2.24, 2.45) is 20.5 Å². The van der Waals surface area contributed by atoms with Crippen LogP contribution in [0.1, 0.15) is 75.3 Å². The molecule has 0 amide bonds. The zero-order valence-corrected chi connectivity index (χ0v) is 29.8. The number of fused-ring (bicyclic) bond motifs is 1. The maximum Gasteiger partial charge on any atom is 0.296 e. The molecule has 4 aromatic carbocycles. The van der Waals surface area contributed by atoms with Gasteiger partial charge in [-0.05, 0) is 105 Å². The van der Waals surface area contributed by atoms with Crippen LogP contribution in [-0.2, 0) is 20.2 Å². The molecule has 0 heterocycles. The Morgan fingerprint density at radius 3 is 1.82 bits per heavy atom. The minimum atomic E-state index is -4.91. The van der Waals surface area contributed by atoms with Gasteiger partial charge in [0, 0.05) is 17.5 Å². The number of rotatable bonds is 8. The number of nitrogens with zero attached hydrogens (tertiary/aromatic N) is 4. The van der Waals surface area contributed by atoms with Crippen molar-refractivity contribution < 1.29 is 31.0 Å². The van der Waals surface area contributed by atoms with Crippen molar-refractivity contribution in [3.05, 3.63) is 77.9 Å². The fraction of sp³-hybridized carbons (Fsp3) is 0.389. The van der Waals surface area contributed by atoms with Crippen LogP contribution < -0.4 is 5.32 Å². The summed E-state index contributed by atoms with van der Waals surface area (Å²) in [5.41, 5.74) is 2.64. The molecule has 0 spiro atoms. The Morgan fingerprint density at radius 1 is 0.640 bits per heavy atom. The van der Waals surface area contributed by atoms with Gasteiger partial charge in [-0.15, -0.1) is 5.11 Å². The Hall–Kier alpha value is -4.08. The molecule has 12 nitrogen and oxygen atoms in total. The van der Waals surface area contributed by atoms with Gasteiger partial charge in [0.1, 0.15) is 10.6 Å². The molecule has 2 aliphatic carbocycles. The summed E-state index contributed by atoms with van der Waals surface area (Å²) >= 11 is 0. The molecule has 6 rings (SSSR count). The van der Waals surface area contributed by atoms with Gasteiger partial charge in [0.25, 0.3) is 20.2 Å². The summed E-state index contributed by atoms with van der Waals surface area (Å²) in [5, 5.41) is 30.9. The maximum atomic E-state index is 12.0. The minimum Gasteiger partial charge on any atom is -0.505 e. The van der Waals surface area contributed by atoms with Gasteiger partial charge in [-0.2, -0.15) is 32.2 Å². The Bertz CT molecular complexity index is 2090. The number of hydrogen-bond donors (Lipinski definition) is 4. The summed E-state index contributed by atoms with van der Waals surface area (Å²) in [6.45, 7) is 3.64. The van der Waals surface area contributed by atoms with Gasteiger partial charge in [0.05, 0.1) is 22.0 Å². The third-order valence-electron chi connectivity index (χ3n) is 9.11. The highest BCUT2D eigenvalue weighted by molar-refractivity contribution is 7.86. The molecule has 266 valence electrons. The Kier molecular flexibility index (Phi) is 12.1. The van der Waals surface area contributed by atoms with Crippen molar-refractivity contribution in [3.8, 4) is 5.75 Å². The van der Waals surface area contributed by atoms with Crippen LogP contribution in [0.5, 0.6) is 5.75 Å². The fourth-order valence-electron chi connectivity index (χ4n) is 6.36. The Balaban J connectivity index is 0.000000311. The van der Waals surface area contributed by atoms with Crippen molar-refractivity contribution in [2.45, 2.75) is 99.9 Å². The first-order chi connectivity index (χ1) is 23.8. The normalized spacial score (nSPS) is 16.6. The molecule has 4 aromatic rings. The standard InChI is InChI=1S/C24H20N4O7S2.C12H23N/c1-14-5-3-4-6-20(14)26-25-17-7-10-21(15(2)11-17)27-28-23-22(37(33,34)35)13-16-12-18(36(30,31)32)8-9-19(16)24(23)29;1-3-7-11(8-4-1)13-12-9-5-2-6-10-12/h3-13,29H,1-2H3,(H,30,31,32)(H,33,34,35);11-13H,1-10H2. The second-order valence-electron chi connectivity index (χ2n) is 12.9. The average Bonchev–Trinajstić information content (AvgIpc) is 3.08. The van der Waals surface area contributed by atoms with E-state index in [0.29, 0.717) is 16.9 Å². The smallest absolute Gasteiger partial charge is 0.296 e. The van der Waals surface area contributed by atoms with Crippen LogP contribution in [0.3, 0.4) is 0 Å². The van der Waals surface area contributed by atoms with Crippen LogP contribution in [0.2, 0.25) is 0 Å². The number of azo groups is 2. The number of aromatic hydroxyl groups is 1. The van der Waals surface area contributed by atoms with E-state index < -0.39 is 41.5 Å². The summed E-state index contributed by atoms with van der Waals surface area (Å²) in [6, 6.07) is 18.2. The maximum absolute atomic E-state index is 12.0. The van der Waals surface area contributed by atoms with E-state index in [-0.39, 0.29) is 10.8 Å². The number of nitrogens with one attached hydrogen (secondary N) is 1.